The number of rotatable bonds is 6. The second kappa shape index (κ2) is 8.27. The fraction of sp³-hybridized carbons (Fsp3) is 0.0588. The third kappa shape index (κ3) is 4.48. The molecule has 1 heterocycles. The predicted molar refractivity (Wildman–Crippen MR) is 100 cm³/mol. The third-order valence-corrected chi connectivity index (χ3v) is 3.96. The number of hydrogen-bond acceptors (Lipinski definition) is 6. The summed E-state index contributed by atoms with van der Waals surface area (Å²) in [5.74, 6) is -1.06. The zero-order valence-electron chi connectivity index (χ0n) is 14.2. The molecule has 2 amide bonds. The maximum Gasteiger partial charge on any atom is 0.270 e. The van der Waals surface area contributed by atoms with Gasteiger partial charge in [0.15, 0.2) is 0 Å². The number of nitro benzene ring substituents is 1. The van der Waals surface area contributed by atoms with Crippen molar-refractivity contribution < 1.29 is 14.5 Å². The first-order valence-corrected chi connectivity index (χ1v) is 8.29. The fourth-order valence-electron chi connectivity index (χ4n) is 2.30. The third-order valence-electron chi connectivity index (χ3n) is 3.65. The van der Waals surface area contributed by atoms with Crippen LogP contribution >= 0.6 is 11.6 Å². The average Bonchev–Trinajstić information content (AvgIpc) is 3.21. The Morgan fingerprint density at radius 1 is 1.18 bits per heavy atom. The van der Waals surface area contributed by atoms with Crippen molar-refractivity contribution in [2.24, 2.45) is 0 Å². The largest absolute Gasteiger partial charge is 0.343 e. The second-order valence-electron chi connectivity index (χ2n) is 5.54. The number of amides is 2. The zero-order chi connectivity index (χ0) is 20.1. The number of nitro groups is 1. The highest BCUT2D eigenvalue weighted by Crippen LogP contribution is 2.22. The summed E-state index contributed by atoms with van der Waals surface area (Å²) in [4.78, 5) is 38.1. The van der Waals surface area contributed by atoms with Crippen molar-refractivity contribution in [3.63, 3.8) is 0 Å². The van der Waals surface area contributed by atoms with Crippen LogP contribution in [0.1, 0.15) is 10.4 Å². The van der Waals surface area contributed by atoms with E-state index in [4.69, 9.17) is 11.6 Å². The average molecular weight is 401 g/mol. The van der Waals surface area contributed by atoms with Gasteiger partial charge >= 0.3 is 0 Å². The number of halogens is 1. The van der Waals surface area contributed by atoms with Crippen LogP contribution in [-0.4, -0.2) is 38.0 Å². The Morgan fingerprint density at radius 3 is 2.54 bits per heavy atom. The van der Waals surface area contributed by atoms with Crippen LogP contribution in [-0.2, 0) is 4.79 Å². The Bertz CT molecular complexity index is 1020. The molecule has 0 radical (unpaired) electrons. The zero-order valence-corrected chi connectivity index (χ0v) is 15.0. The molecule has 0 aliphatic carbocycles. The van der Waals surface area contributed by atoms with Crippen molar-refractivity contribution >= 4 is 34.8 Å². The van der Waals surface area contributed by atoms with Gasteiger partial charge in [0, 0.05) is 17.8 Å². The summed E-state index contributed by atoms with van der Waals surface area (Å²) in [6.07, 6.45) is 2.96. The standard InChI is InChI=1S/C17H13ClN6O4/c18-15-7-13(24(27)28)5-6-14(15)17(26)20-8-16(25)22-11-1-3-12(4-2-11)23-10-19-9-21-23/h1-7,9-10H,8H2,(H,20,26)(H,22,25). The molecule has 3 rings (SSSR count). The van der Waals surface area contributed by atoms with Crippen LogP contribution in [0.2, 0.25) is 5.02 Å². The van der Waals surface area contributed by atoms with Gasteiger partial charge < -0.3 is 10.6 Å². The first-order chi connectivity index (χ1) is 13.4. The normalized spacial score (nSPS) is 10.3. The van der Waals surface area contributed by atoms with Crippen molar-refractivity contribution in [3.05, 3.63) is 75.8 Å². The van der Waals surface area contributed by atoms with E-state index < -0.39 is 16.7 Å². The molecule has 28 heavy (non-hydrogen) atoms. The number of nitrogens with one attached hydrogen (secondary N) is 2. The molecule has 0 atom stereocenters. The molecule has 0 spiro atoms. The lowest BCUT2D eigenvalue weighted by Crippen LogP contribution is -2.33. The molecule has 0 aliphatic rings. The van der Waals surface area contributed by atoms with Crippen LogP contribution in [0.25, 0.3) is 5.69 Å². The molecule has 11 heteroatoms. The minimum Gasteiger partial charge on any atom is -0.343 e. The highest BCUT2D eigenvalue weighted by molar-refractivity contribution is 6.34. The summed E-state index contributed by atoms with van der Waals surface area (Å²) in [6.45, 7) is -0.295. The van der Waals surface area contributed by atoms with Gasteiger partial charge in [-0.1, -0.05) is 11.6 Å². The summed E-state index contributed by atoms with van der Waals surface area (Å²) < 4.78 is 1.57. The van der Waals surface area contributed by atoms with E-state index in [1.165, 1.54) is 12.4 Å². The van der Waals surface area contributed by atoms with Gasteiger partial charge in [-0.25, -0.2) is 9.67 Å². The van der Waals surface area contributed by atoms with Gasteiger partial charge in [0.05, 0.1) is 27.7 Å². The van der Waals surface area contributed by atoms with E-state index >= 15 is 0 Å². The first kappa shape index (κ1) is 19.0. The quantitative estimate of drug-likeness (QED) is 0.481. The molecule has 2 N–H and O–H groups in total. The lowest BCUT2D eigenvalue weighted by Gasteiger charge is -2.08. The first-order valence-electron chi connectivity index (χ1n) is 7.91. The predicted octanol–water partition coefficient (Wildman–Crippen LogP) is 2.20. The number of hydrogen-bond donors (Lipinski definition) is 2. The van der Waals surface area contributed by atoms with Gasteiger partial charge in [-0.05, 0) is 30.3 Å². The smallest absolute Gasteiger partial charge is 0.270 e. The molecular weight excluding hydrogens is 388 g/mol. The number of anilines is 1. The molecule has 0 saturated carbocycles. The van der Waals surface area contributed by atoms with Crippen LogP contribution in [0.3, 0.4) is 0 Å². The molecule has 2 aromatic carbocycles. The second-order valence-corrected chi connectivity index (χ2v) is 5.95. The Kier molecular flexibility index (Phi) is 5.61. The molecule has 0 unspecified atom stereocenters. The van der Waals surface area contributed by atoms with E-state index in [0.717, 1.165) is 17.8 Å². The van der Waals surface area contributed by atoms with E-state index in [0.29, 0.717) is 5.69 Å². The molecule has 3 aromatic rings. The van der Waals surface area contributed by atoms with Crippen molar-refractivity contribution in [2.45, 2.75) is 0 Å². The topological polar surface area (TPSA) is 132 Å². The van der Waals surface area contributed by atoms with Crippen LogP contribution in [0.15, 0.2) is 55.1 Å². The summed E-state index contributed by atoms with van der Waals surface area (Å²) >= 11 is 5.89. The summed E-state index contributed by atoms with van der Waals surface area (Å²) in [7, 11) is 0. The van der Waals surface area contributed by atoms with Gasteiger partial charge in [0.25, 0.3) is 11.6 Å². The Labute approximate surface area is 163 Å². The molecule has 0 fully saturated rings. The molecular formula is C17H13ClN6O4. The number of non-ortho nitro benzene ring substituents is 1. The molecule has 0 bridgehead atoms. The Balaban J connectivity index is 1.55. The van der Waals surface area contributed by atoms with E-state index in [9.17, 15) is 19.7 Å². The number of benzene rings is 2. The summed E-state index contributed by atoms with van der Waals surface area (Å²) in [5.41, 5.74) is 1.12. The molecule has 1 aromatic heterocycles. The van der Waals surface area contributed by atoms with E-state index in [1.807, 2.05) is 0 Å². The van der Waals surface area contributed by atoms with Crippen LogP contribution in [0.5, 0.6) is 0 Å². The highest BCUT2D eigenvalue weighted by atomic mass is 35.5. The molecule has 142 valence electrons. The maximum atomic E-state index is 12.1. The number of aromatic nitrogens is 3. The van der Waals surface area contributed by atoms with Crippen LogP contribution < -0.4 is 10.6 Å². The van der Waals surface area contributed by atoms with E-state index in [-0.39, 0.29) is 22.8 Å². The van der Waals surface area contributed by atoms with E-state index in [1.54, 1.807) is 35.3 Å². The molecule has 0 saturated heterocycles. The van der Waals surface area contributed by atoms with Crippen LogP contribution in [0, 0.1) is 10.1 Å². The van der Waals surface area contributed by atoms with Gasteiger partial charge in [-0.15, -0.1) is 0 Å². The van der Waals surface area contributed by atoms with Crippen molar-refractivity contribution in [1.82, 2.24) is 20.1 Å². The minimum absolute atomic E-state index is 0.0391. The van der Waals surface area contributed by atoms with Crippen molar-refractivity contribution in [3.8, 4) is 5.69 Å². The SMILES string of the molecule is O=C(CNC(=O)c1ccc([N+](=O)[O-])cc1Cl)Nc1ccc(-n2cncn2)cc1. The van der Waals surface area contributed by atoms with Gasteiger partial charge in [0.1, 0.15) is 12.7 Å². The fourth-order valence-corrected chi connectivity index (χ4v) is 2.56. The highest BCUT2D eigenvalue weighted by Gasteiger charge is 2.15. The lowest BCUT2D eigenvalue weighted by atomic mass is 10.2. The van der Waals surface area contributed by atoms with Crippen LogP contribution in [0.4, 0.5) is 11.4 Å². The van der Waals surface area contributed by atoms with Crippen molar-refractivity contribution in [2.75, 3.05) is 11.9 Å². The lowest BCUT2D eigenvalue weighted by molar-refractivity contribution is -0.384. The summed E-state index contributed by atoms with van der Waals surface area (Å²) in [6, 6.07) is 10.3. The Morgan fingerprint density at radius 2 is 1.93 bits per heavy atom. The minimum atomic E-state index is -0.616. The van der Waals surface area contributed by atoms with Gasteiger partial charge in [-0.3, -0.25) is 19.7 Å². The molecule has 0 aliphatic heterocycles. The van der Waals surface area contributed by atoms with Gasteiger partial charge in [-0.2, -0.15) is 5.10 Å². The van der Waals surface area contributed by atoms with Crippen molar-refractivity contribution in [1.29, 1.82) is 0 Å². The number of nitrogens with zero attached hydrogens (tertiary/aromatic N) is 4. The van der Waals surface area contributed by atoms with E-state index in [2.05, 4.69) is 20.7 Å². The maximum absolute atomic E-state index is 12.1. The summed E-state index contributed by atoms with van der Waals surface area (Å²) in [5, 5.41) is 19.7. The number of carbonyl (C=O) groups excluding carboxylic acids is 2. The van der Waals surface area contributed by atoms with Gasteiger partial charge in [0.2, 0.25) is 5.91 Å². The molecule has 10 nitrogen and oxygen atoms in total. The number of carbonyl (C=O) groups is 2. The Hall–Kier alpha value is -3.79. The monoisotopic (exact) mass is 400 g/mol.